The molecule has 0 spiro atoms. The summed E-state index contributed by atoms with van der Waals surface area (Å²) in [7, 11) is 0. The predicted octanol–water partition coefficient (Wildman–Crippen LogP) is 3.62. The molecule has 2 amide bonds. The van der Waals surface area contributed by atoms with E-state index >= 15 is 0 Å². The van der Waals surface area contributed by atoms with Gasteiger partial charge in [0.25, 0.3) is 11.8 Å². The molecule has 1 aliphatic heterocycles. The summed E-state index contributed by atoms with van der Waals surface area (Å²) in [5, 5.41) is 0. The second kappa shape index (κ2) is 6.93. The van der Waals surface area contributed by atoms with Gasteiger partial charge in [-0.1, -0.05) is 48.0 Å². The van der Waals surface area contributed by atoms with Gasteiger partial charge in [0.05, 0.1) is 5.57 Å². The van der Waals surface area contributed by atoms with Crippen LogP contribution < -0.4 is 4.90 Å². The molecule has 0 atom stereocenters. The molecule has 0 aliphatic carbocycles. The summed E-state index contributed by atoms with van der Waals surface area (Å²) >= 11 is 0. The number of amides is 2. The first kappa shape index (κ1) is 17.0. The van der Waals surface area contributed by atoms with E-state index in [1.54, 1.807) is 0 Å². The lowest BCUT2D eigenvalue weighted by Gasteiger charge is -2.24. The second-order valence-corrected chi connectivity index (χ2v) is 6.02. The van der Waals surface area contributed by atoms with Crippen molar-refractivity contribution in [3.8, 4) is 0 Å². The van der Waals surface area contributed by atoms with Gasteiger partial charge in [-0.15, -0.1) is 0 Å². The van der Waals surface area contributed by atoms with Crippen molar-refractivity contribution in [2.45, 2.75) is 20.8 Å². The molecule has 4 heteroatoms. The lowest BCUT2D eigenvalue weighted by Crippen LogP contribution is -2.35. The summed E-state index contributed by atoms with van der Waals surface area (Å²) in [6, 6.07) is 17.5. The molecule has 2 aromatic carbocycles. The Labute approximate surface area is 148 Å². The number of imide groups is 1. The van der Waals surface area contributed by atoms with Crippen LogP contribution in [0.5, 0.6) is 0 Å². The minimum absolute atomic E-state index is 0.222. The summed E-state index contributed by atoms with van der Waals surface area (Å²) in [4.78, 5) is 29.1. The van der Waals surface area contributed by atoms with Gasteiger partial charge in [0.2, 0.25) is 0 Å². The molecule has 0 fully saturated rings. The highest BCUT2D eigenvalue weighted by molar-refractivity contribution is 6.36. The zero-order chi connectivity index (χ0) is 18.0. The van der Waals surface area contributed by atoms with E-state index in [-0.39, 0.29) is 11.8 Å². The molecule has 0 aromatic heterocycles. The highest BCUT2D eigenvalue weighted by atomic mass is 16.2. The monoisotopic (exact) mass is 334 g/mol. The predicted molar refractivity (Wildman–Crippen MR) is 100.0 cm³/mol. The molecular weight excluding hydrogens is 312 g/mol. The van der Waals surface area contributed by atoms with Crippen molar-refractivity contribution in [2.24, 2.45) is 0 Å². The van der Waals surface area contributed by atoms with Crippen LogP contribution in [0.4, 0.5) is 5.69 Å². The quantitative estimate of drug-likeness (QED) is 0.784. The summed E-state index contributed by atoms with van der Waals surface area (Å²) in [5.74, 6) is -0.450. The Morgan fingerprint density at radius 3 is 2.08 bits per heavy atom. The molecule has 0 N–H and O–H groups in total. The summed E-state index contributed by atoms with van der Waals surface area (Å²) in [5.41, 5.74) is 3.75. The molecule has 0 unspecified atom stereocenters. The number of hydrogen-bond acceptors (Lipinski definition) is 3. The Kier molecular flexibility index (Phi) is 4.70. The average molecular weight is 334 g/mol. The lowest BCUT2D eigenvalue weighted by molar-refractivity contribution is -0.136. The standard InChI is InChI=1S/C21H22N2O2/c1-4-22(17-9-7-6-8-10-17)19-18(16-13-11-15(3)12-14-16)20(24)23(5-2)21(19)25/h6-14H,4-5H2,1-3H3. The minimum Gasteiger partial charge on any atom is -0.337 e. The van der Waals surface area contributed by atoms with Gasteiger partial charge in [0.15, 0.2) is 0 Å². The molecule has 2 aromatic rings. The maximum absolute atomic E-state index is 13.0. The third kappa shape index (κ3) is 2.95. The molecule has 0 bridgehead atoms. The molecule has 4 nitrogen and oxygen atoms in total. The van der Waals surface area contributed by atoms with Crippen molar-refractivity contribution in [1.82, 2.24) is 4.90 Å². The fraction of sp³-hybridized carbons (Fsp3) is 0.238. The minimum atomic E-state index is -0.228. The number of benzene rings is 2. The van der Waals surface area contributed by atoms with Crippen LogP contribution in [0.25, 0.3) is 5.57 Å². The SMILES string of the molecule is CCN1C(=O)C(c2ccc(C)cc2)=C(N(CC)c2ccccc2)C1=O. The first-order chi connectivity index (χ1) is 12.1. The number of nitrogens with zero attached hydrogens (tertiary/aromatic N) is 2. The molecule has 128 valence electrons. The Bertz CT molecular complexity index is 823. The first-order valence-electron chi connectivity index (χ1n) is 8.58. The lowest BCUT2D eigenvalue weighted by atomic mass is 10.0. The zero-order valence-electron chi connectivity index (χ0n) is 14.8. The fourth-order valence-electron chi connectivity index (χ4n) is 3.16. The van der Waals surface area contributed by atoms with Crippen LogP contribution in [-0.4, -0.2) is 29.8 Å². The van der Waals surface area contributed by atoms with Gasteiger partial charge < -0.3 is 4.90 Å². The number of para-hydroxylation sites is 1. The van der Waals surface area contributed by atoms with E-state index in [0.717, 1.165) is 16.8 Å². The third-order valence-corrected chi connectivity index (χ3v) is 4.45. The molecule has 1 heterocycles. The van der Waals surface area contributed by atoms with Crippen molar-refractivity contribution in [1.29, 1.82) is 0 Å². The molecule has 0 radical (unpaired) electrons. The van der Waals surface area contributed by atoms with Crippen LogP contribution in [0, 0.1) is 6.92 Å². The number of hydrogen-bond donors (Lipinski definition) is 0. The number of carbonyl (C=O) groups excluding carboxylic acids is 2. The van der Waals surface area contributed by atoms with E-state index in [0.29, 0.717) is 24.4 Å². The fourth-order valence-corrected chi connectivity index (χ4v) is 3.16. The van der Waals surface area contributed by atoms with Gasteiger partial charge in [-0.25, -0.2) is 0 Å². The van der Waals surface area contributed by atoms with Crippen molar-refractivity contribution < 1.29 is 9.59 Å². The molecule has 3 rings (SSSR count). The van der Waals surface area contributed by atoms with Crippen LogP contribution in [-0.2, 0) is 9.59 Å². The summed E-state index contributed by atoms with van der Waals surface area (Å²) in [6.07, 6.45) is 0. The van der Waals surface area contributed by atoms with E-state index in [2.05, 4.69) is 0 Å². The normalized spacial score (nSPS) is 14.4. The maximum atomic E-state index is 13.0. The smallest absolute Gasteiger partial charge is 0.278 e. The van der Waals surface area contributed by atoms with E-state index in [9.17, 15) is 9.59 Å². The van der Waals surface area contributed by atoms with E-state index in [1.165, 1.54) is 4.90 Å². The van der Waals surface area contributed by atoms with Crippen molar-refractivity contribution in [2.75, 3.05) is 18.0 Å². The summed E-state index contributed by atoms with van der Waals surface area (Å²) in [6.45, 7) is 6.78. The van der Waals surface area contributed by atoms with Crippen LogP contribution in [0.1, 0.15) is 25.0 Å². The highest BCUT2D eigenvalue weighted by Gasteiger charge is 2.40. The van der Waals surface area contributed by atoms with E-state index < -0.39 is 0 Å². The average Bonchev–Trinajstić information content (AvgIpc) is 2.88. The van der Waals surface area contributed by atoms with Gasteiger partial charge in [-0.3, -0.25) is 14.5 Å². The van der Waals surface area contributed by atoms with E-state index in [1.807, 2.05) is 80.3 Å². The highest BCUT2D eigenvalue weighted by Crippen LogP contribution is 2.34. The van der Waals surface area contributed by atoms with Crippen molar-refractivity contribution >= 4 is 23.1 Å². The molecular formula is C21H22N2O2. The van der Waals surface area contributed by atoms with Gasteiger partial charge in [0.1, 0.15) is 5.70 Å². The molecule has 0 saturated carbocycles. The van der Waals surface area contributed by atoms with Gasteiger partial charge in [0, 0.05) is 18.8 Å². The van der Waals surface area contributed by atoms with Crippen LogP contribution in [0.2, 0.25) is 0 Å². The molecule has 1 aliphatic rings. The molecule has 25 heavy (non-hydrogen) atoms. The van der Waals surface area contributed by atoms with Crippen molar-refractivity contribution in [3.63, 3.8) is 0 Å². The number of rotatable bonds is 5. The Morgan fingerprint density at radius 2 is 1.52 bits per heavy atom. The Hall–Kier alpha value is -2.88. The van der Waals surface area contributed by atoms with Gasteiger partial charge in [-0.05, 0) is 38.5 Å². The Morgan fingerprint density at radius 1 is 0.880 bits per heavy atom. The summed E-state index contributed by atoms with van der Waals surface area (Å²) < 4.78 is 0. The Balaban J connectivity index is 2.20. The van der Waals surface area contributed by atoms with Gasteiger partial charge in [-0.2, -0.15) is 0 Å². The number of aryl methyl sites for hydroxylation is 1. The number of anilines is 1. The van der Waals surface area contributed by atoms with Crippen molar-refractivity contribution in [3.05, 3.63) is 71.4 Å². The number of likely N-dealkylation sites (N-methyl/N-ethyl adjacent to an activating group) is 2. The molecule has 0 saturated heterocycles. The topological polar surface area (TPSA) is 40.6 Å². The largest absolute Gasteiger partial charge is 0.337 e. The van der Waals surface area contributed by atoms with Crippen LogP contribution >= 0.6 is 0 Å². The number of carbonyl (C=O) groups is 2. The van der Waals surface area contributed by atoms with Crippen LogP contribution in [0.15, 0.2) is 60.3 Å². The third-order valence-electron chi connectivity index (χ3n) is 4.45. The maximum Gasteiger partial charge on any atom is 0.278 e. The zero-order valence-corrected chi connectivity index (χ0v) is 14.8. The van der Waals surface area contributed by atoms with Gasteiger partial charge >= 0.3 is 0 Å². The first-order valence-corrected chi connectivity index (χ1v) is 8.58. The second-order valence-electron chi connectivity index (χ2n) is 6.02. The van der Waals surface area contributed by atoms with E-state index in [4.69, 9.17) is 0 Å². The van der Waals surface area contributed by atoms with Crippen LogP contribution in [0.3, 0.4) is 0 Å².